The third-order valence-electron chi connectivity index (χ3n) is 7.68. The van der Waals surface area contributed by atoms with Gasteiger partial charge in [-0.25, -0.2) is 14.5 Å². The number of hydrogen-bond donors (Lipinski definition) is 2. The molecular weight excluding hydrogens is 538 g/mol. The molecule has 1 aliphatic rings. The predicted molar refractivity (Wildman–Crippen MR) is 171 cm³/mol. The van der Waals surface area contributed by atoms with E-state index in [1.54, 1.807) is 10.9 Å². The van der Waals surface area contributed by atoms with Gasteiger partial charge in [-0.3, -0.25) is 5.32 Å². The van der Waals surface area contributed by atoms with Crippen LogP contribution in [-0.4, -0.2) is 34.0 Å². The normalized spacial score (nSPS) is 12.8. The SMILES string of the molecule is Cc1ccc(-n2nc(C(C)(C)C)cc2NC(=O)Nc2ccc(OCCc3ccnc4c3CCCO4)c3ccccc23)cc1. The second-order valence-corrected chi connectivity index (χ2v) is 12.0. The van der Waals surface area contributed by atoms with Crippen LogP contribution >= 0.6 is 0 Å². The number of pyridine rings is 1. The van der Waals surface area contributed by atoms with E-state index in [1.165, 1.54) is 11.1 Å². The highest BCUT2D eigenvalue weighted by atomic mass is 16.5. The second-order valence-electron chi connectivity index (χ2n) is 12.0. The first-order chi connectivity index (χ1) is 20.8. The van der Waals surface area contributed by atoms with Gasteiger partial charge < -0.3 is 14.8 Å². The molecule has 0 spiro atoms. The number of carbonyl (C=O) groups excluding carboxylic acids is 1. The average molecular weight is 576 g/mol. The molecule has 5 aromatic rings. The lowest BCUT2D eigenvalue weighted by Crippen LogP contribution is -2.21. The lowest BCUT2D eigenvalue weighted by Gasteiger charge is -2.19. The molecule has 0 saturated heterocycles. The summed E-state index contributed by atoms with van der Waals surface area (Å²) in [4.78, 5) is 17.7. The van der Waals surface area contributed by atoms with Crippen LogP contribution < -0.4 is 20.1 Å². The van der Waals surface area contributed by atoms with Crippen molar-refractivity contribution in [2.24, 2.45) is 0 Å². The molecule has 0 fully saturated rings. The molecule has 0 unspecified atom stereocenters. The molecule has 0 aliphatic carbocycles. The summed E-state index contributed by atoms with van der Waals surface area (Å²) in [5.41, 5.74) is 5.83. The minimum absolute atomic E-state index is 0.181. The van der Waals surface area contributed by atoms with Crippen molar-refractivity contribution < 1.29 is 14.3 Å². The lowest BCUT2D eigenvalue weighted by molar-refractivity contribution is 0.262. The third kappa shape index (κ3) is 6.18. The number of amides is 2. The minimum Gasteiger partial charge on any atom is -0.493 e. The maximum Gasteiger partial charge on any atom is 0.324 e. The standard InChI is InChI=1S/C35H37N5O3/c1-23-11-13-25(14-12-23)40-32(22-31(39-40)35(2,3)4)38-34(41)37-29-15-16-30(28-9-6-5-8-27(28)29)42-21-18-24-17-19-36-33-26(24)10-7-20-43-33/h5-6,8-9,11-17,19,22H,7,10,18,20-21H2,1-4H3,(H2,37,38,41). The predicted octanol–water partition coefficient (Wildman–Crippen LogP) is 7.62. The van der Waals surface area contributed by atoms with Gasteiger partial charge in [0, 0.05) is 40.4 Å². The number of benzene rings is 3. The van der Waals surface area contributed by atoms with Crippen LogP contribution in [0.3, 0.4) is 0 Å². The Labute approximate surface area is 252 Å². The summed E-state index contributed by atoms with van der Waals surface area (Å²) in [5.74, 6) is 2.12. The van der Waals surface area contributed by atoms with Crippen LogP contribution in [0.5, 0.6) is 11.6 Å². The minimum atomic E-state index is -0.350. The van der Waals surface area contributed by atoms with E-state index in [2.05, 4.69) is 42.5 Å². The monoisotopic (exact) mass is 575 g/mol. The fourth-order valence-electron chi connectivity index (χ4n) is 5.32. The highest BCUT2D eigenvalue weighted by Crippen LogP contribution is 2.33. The number of fused-ring (bicyclic) bond motifs is 2. The summed E-state index contributed by atoms with van der Waals surface area (Å²) in [7, 11) is 0. The third-order valence-corrected chi connectivity index (χ3v) is 7.68. The number of anilines is 2. The molecule has 8 heteroatoms. The second kappa shape index (κ2) is 11.8. The molecule has 8 nitrogen and oxygen atoms in total. The Bertz CT molecular complexity index is 1770. The summed E-state index contributed by atoms with van der Waals surface area (Å²) >= 11 is 0. The Morgan fingerprint density at radius 1 is 1.00 bits per heavy atom. The maximum absolute atomic E-state index is 13.3. The van der Waals surface area contributed by atoms with Gasteiger partial charge in [-0.15, -0.1) is 0 Å². The molecule has 1 aliphatic heterocycles. The zero-order valence-corrected chi connectivity index (χ0v) is 25.1. The molecule has 0 saturated carbocycles. The van der Waals surface area contributed by atoms with Gasteiger partial charge in [-0.05, 0) is 55.7 Å². The summed E-state index contributed by atoms with van der Waals surface area (Å²) in [5, 5.41) is 12.7. The molecule has 0 bridgehead atoms. The van der Waals surface area contributed by atoms with Gasteiger partial charge in [-0.2, -0.15) is 5.10 Å². The number of ether oxygens (including phenoxy) is 2. The van der Waals surface area contributed by atoms with E-state index in [0.717, 1.165) is 65.2 Å². The summed E-state index contributed by atoms with van der Waals surface area (Å²) < 4.78 is 13.8. The zero-order chi connectivity index (χ0) is 30.0. The number of rotatable bonds is 7. The fourth-order valence-corrected chi connectivity index (χ4v) is 5.32. The van der Waals surface area contributed by atoms with Crippen molar-refractivity contribution >= 4 is 28.3 Å². The van der Waals surface area contributed by atoms with Crippen molar-refractivity contribution in [3.8, 4) is 17.3 Å². The van der Waals surface area contributed by atoms with Gasteiger partial charge in [0.25, 0.3) is 0 Å². The Morgan fingerprint density at radius 2 is 1.79 bits per heavy atom. The number of aryl methyl sites for hydroxylation is 1. The smallest absolute Gasteiger partial charge is 0.324 e. The Kier molecular flexibility index (Phi) is 7.76. The number of aromatic nitrogens is 3. The number of nitrogens with zero attached hydrogens (tertiary/aromatic N) is 3. The molecule has 0 atom stereocenters. The summed E-state index contributed by atoms with van der Waals surface area (Å²) in [6, 6.07) is 23.4. The van der Waals surface area contributed by atoms with Crippen LogP contribution in [0.25, 0.3) is 16.5 Å². The summed E-state index contributed by atoms with van der Waals surface area (Å²) in [6.07, 6.45) is 4.55. The van der Waals surface area contributed by atoms with Gasteiger partial charge in [0.2, 0.25) is 5.88 Å². The molecule has 3 heterocycles. The van der Waals surface area contributed by atoms with Crippen LogP contribution in [0.15, 0.2) is 79.0 Å². The Hall–Kier alpha value is -4.85. The van der Waals surface area contributed by atoms with E-state index >= 15 is 0 Å². The van der Waals surface area contributed by atoms with Gasteiger partial charge in [0.05, 0.1) is 30.3 Å². The van der Waals surface area contributed by atoms with Crippen molar-refractivity contribution in [1.29, 1.82) is 0 Å². The quantitative estimate of drug-likeness (QED) is 0.208. The Morgan fingerprint density at radius 3 is 2.58 bits per heavy atom. The fraction of sp³-hybridized carbons (Fsp3) is 0.286. The van der Waals surface area contributed by atoms with Gasteiger partial charge in [0.15, 0.2) is 0 Å². The van der Waals surface area contributed by atoms with E-state index in [1.807, 2.05) is 73.7 Å². The number of carbonyl (C=O) groups is 1. The lowest BCUT2D eigenvalue weighted by atomic mass is 9.92. The molecule has 220 valence electrons. The maximum atomic E-state index is 13.3. The van der Waals surface area contributed by atoms with E-state index in [0.29, 0.717) is 18.1 Å². The molecule has 3 aromatic carbocycles. The molecular formula is C35H37N5O3. The first-order valence-electron chi connectivity index (χ1n) is 14.8. The van der Waals surface area contributed by atoms with Crippen LogP contribution in [0, 0.1) is 6.92 Å². The van der Waals surface area contributed by atoms with Crippen molar-refractivity contribution in [3.05, 3.63) is 101 Å². The van der Waals surface area contributed by atoms with Crippen LogP contribution in [0.4, 0.5) is 16.3 Å². The van der Waals surface area contributed by atoms with Crippen LogP contribution in [0.1, 0.15) is 49.6 Å². The van der Waals surface area contributed by atoms with Crippen molar-refractivity contribution in [3.63, 3.8) is 0 Å². The van der Waals surface area contributed by atoms with E-state index in [9.17, 15) is 4.79 Å². The first-order valence-corrected chi connectivity index (χ1v) is 14.8. The van der Waals surface area contributed by atoms with Crippen molar-refractivity contribution in [1.82, 2.24) is 14.8 Å². The van der Waals surface area contributed by atoms with Crippen molar-refractivity contribution in [2.75, 3.05) is 23.8 Å². The zero-order valence-electron chi connectivity index (χ0n) is 25.1. The highest BCUT2D eigenvalue weighted by Gasteiger charge is 2.22. The Balaban J connectivity index is 1.19. The molecule has 43 heavy (non-hydrogen) atoms. The topological polar surface area (TPSA) is 90.3 Å². The van der Waals surface area contributed by atoms with Crippen LogP contribution in [0.2, 0.25) is 0 Å². The highest BCUT2D eigenvalue weighted by molar-refractivity contribution is 6.07. The molecule has 2 N–H and O–H groups in total. The van der Waals surface area contributed by atoms with Crippen molar-refractivity contribution in [2.45, 2.75) is 52.4 Å². The number of urea groups is 1. The number of hydrogen-bond acceptors (Lipinski definition) is 5. The van der Waals surface area contributed by atoms with Gasteiger partial charge in [-0.1, -0.05) is 62.7 Å². The van der Waals surface area contributed by atoms with E-state index in [-0.39, 0.29) is 11.4 Å². The summed E-state index contributed by atoms with van der Waals surface area (Å²) in [6.45, 7) is 9.60. The largest absolute Gasteiger partial charge is 0.493 e. The molecule has 6 rings (SSSR count). The van der Waals surface area contributed by atoms with Gasteiger partial charge >= 0.3 is 6.03 Å². The van der Waals surface area contributed by atoms with E-state index < -0.39 is 0 Å². The van der Waals surface area contributed by atoms with Crippen LogP contribution in [-0.2, 0) is 18.3 Å². The molecule has 0 radical (unpaired) electrons. The van der Waals surface area contributed by atoms with Gasteiger partial charge in [0.1, 0.15) is 11.6 Å². The number of nitrogens with one attached hydrogen (secondary N) is 2. The molecule has 2 amide bonds. The first kappa shape index (κ1) is 28.3. The average Bonchev–Trinajstić information content (AvgIpc) is 3.43. The van der Waals surface area contributed by atoms with E-state index in [4.69, 9.17) is 14.6 Å². The molecule has 2 aromatic heterocycles.